The van der Waals surface area contributed by atoms with Gasteiger partial charge in [-0.3, -0.25) is 11.1 Å². The average Bonchev–Trinajstić information content (AvgIpc) is 2.18. The first-order valence-electron chi connectivity index (χ1n) is 3.70. The van der Waals surface area contributed by atoms with Gasteiger partial charge < -0.3 is 4.74 Å². The first kappa shape index (κ1) is 9.23. The van der Waals surface area contributed by atoms with E-state index >= 15 is 0 Å². The molecule has 0 aliphatic rings. The average molecular weight is 175 g/mol. The van der Waals surface area contributed by atoms with Crippen molar-refractivity contribution in [2.24, 2.45) is 5.73 Å². The third-order valence-corrected chi connectivity index (χ3v) is 1.50. The summed E-state index contributed by atoms with van der Waals surface area (Å²) in [6.45, 7) is -0.0150. The first-order valence-corrected chi connectivity index (χ1v) is 3.70. The van der Waals surface area contributed by atoms with Crippen molar-refractivity contribution in [1.82, 2.24) is 0 Å². The van der Waals surface area contributed by atoms with Crippen molar-refractivity contribution in [2.75, 3.05) is 6.73 Å². The predicted molar refractivity (Wildman–Crippen MR) is 48.1 cm³/mol. The van der Waals surface area contributed by atoms with E-state index in [1.165, 1.54) is 0 Å². The molecule has 0 fully saturated rings. The summed E-state index contributed by atoms with van der Waals surface area (Å²) in [6.07, 6.45) is 0. The highest BCUT2D eigenvalue weighted by molar-refractivity contribution is 5.91. The van der Waals surface area contributed by atoms with E-state index in [0.29, 0.717) is 11.1 Å². The van der Waals surface area contributed by atoms with Gasteiger partial charge in [0.25, 0.3) is 0 Å². The summed E-state index contributed by atoms with van der Waals surface area (Å²) in [7, 11) is 0. The Hall–Kier alpha value is -1.86. The molecule has 0 bridgehead atoms. The van der Waals surface area contributed by atoms with Gasteiger partial charge in [-0.05, 0) is 24.3 Å². The Morgan fingerprint density at radius 2 is 2.08 bits per heavy atom. The maximum absolute atomic E-state index is 8.52. The monoisotopic (exact) mass is 175 g/mol. The minimum atomic E-state index is -0.0150. The van der Waals surface area contributed by atoms with Crippen LogP contribution in [-0.2, 0) is 4.74 Å². The van der Waals surface area contributed by atoms with Crippen LogP contribution in [0.5, 0.6) is 0 Å². The minimum absolute atomic E-state index is 0.0150. The lowest BCUT2D eigenvalue weighted by atomic mass is 10.1. The third kappa shape index (κ3) is 2.29. The second-order valence-electron chi connectivity index (χ2n) is 2.33. The van der Waals surface area contributed by atoms with Crippen molar-refractivity contribution in [2.45, 2.75) is 0 Å². The molecule has 3 N–H and O–H groups in total. The first-order chi connectivity index (χ1) is 6.27. The summed E-state index contributed by atoms with van der Waals surface area (Å²) in [4.78, 5) is 0. The molecule has 0 saturated carbocycles. The Morgan fingerprint density at radius 1 is 1.46 bits per heavy atom. The molecule has 0 aromatic heterocycles. The maximum atomic E-state index is 8.52. The molecule has 1 rings (SSSR count). The second kappa shape index (κ2) is 4.24. The van der Waals surface area contributed by atoms with Crippen LogP contribution >= 0.6 is 0 Å². The standard InChI is InChI=1S/C9H9N3O/c10-5-7-1-3-8(4-2-7)9(12)13-6-11/h1-4,12H,6,11H2. The van der Waals surface area contributed by atoms with Crippen LogP contribution < -0.4 is 5.73 Å². The van der Waals surface area contributed by atoms with Crippen LogP contribution in [0.1, 0.15) is 11.1 Å². The largest absolute Gasteiger partial charge is 0.462 e. The Kier molecular flexibility index (Phi) is 3.01. The highest BCUT2D eigenvalue weighted by atomic mass is 16.5. The van der Waals surface area contributed by atoms with Gasteiger partial charge >= 0.3 is 0 Å². The Bertz CT molecular complexity index is 337. The Labute approximate surface area is 76.1 Å². The molecule has 0 aliphatic carbocycles. The van der Waals surface area contributed by atoms with Gasteiger partial charge in [0, 0.05) is 5.56 Å². The number of nitriles is 1. The summed E-state index contributed by atoms with van der Waals surface area (Å²) in [5.74, 6) is 0.0204. The number of nitrogens with two attached hydrogens (primary N) is 1. The smallest absolute Gasteiger partial charge is 0.214 e. The summed E-state index contributed by atoms with van der Waals surface area (Å²) < 4.78 is 4.78. The molecule has 0 amide bonds. The van der Waals surface area contributed by atoms with Crippen LogP contribution in [0.25, 0.3) is 0 Å². The van der Waals surface area contributed by atoms with E-state index in [4.69, 9.17) is 21.1 Å². The highest BCUT2D eigenvalue weighted by Crippen LogP contribution is 2.04. The van der Waals surface area contributed by atoms with Gasteiger partial charge in [-0.15, -0.1) is 0 Å². The fourth-order valence-corrected chi connectivity index (χ4v) is 0.863. The molecule has 0 spiro atoms. The van der Waals surface area contributed by atoms with Gasteiger partial charge in [0.05, 0.1) is 11.6 Å². The van der Waals surface area contributed by atoms with Crippen LogP contribution in [0.2, 0.25) is 0 Å². The van der Waals surface area contributed by atoms with Crippen molar-refractivity contribution in [3.63, 3.8) is 0 Å². The molecular weight excluding hydrogens is 166 g/mol. The topological polar surface area (TPSA) is 82.9 Å². The summed E-state index contributed by atoms with van der Waals surface area (Å²) in [6, 6.07) is 8.55. The molecule has 4 heteroatoms. The molecular formula is C9H9N3O. The molecule has 66 valence electrons. The molecule has 4 nitrogen and oxygen atoms in total. The zero-order chi connectivity index (χ0) is 9.68. The van der Waals surface area contributed by atoms with E-state index < -0.39 is 0 Å². The van der Waals surface area contributed by atoms with Crippen LogP contribution in [0.4, 0.5) is 0 Å². The molecule has 13 heavy (non-hydrogen) atoms. The van der Waals surface area contributed by atoms with Crippen molar-refractivity contribution in [3.8, 4) is 6.07 Å². The predicted octanol–water partition coefficient (Wildman–Crippen LogP) is 0.816. The van der Waals surface area contributed by atoms with Crippen LogP contribution in [0, 0.1) is 16.7 Å². The number of ether oxygens (including phenoxy) is 1. The van der Waals surface area contributed by atoms with E-state index in [-0.39, 0.29) is 12.6 Å². The number of nitrogens with zero attached hydrogens (tertiary/aromatic N) is 1. The molecule has 0 heterocycles. The second-order valence-corrected chi connectivity index (χ2v) is 2.33. The Balaban J connectivity index is 2.81. The zero-order valence-electron chi connectivity index (χ0n) is 6.95. The number of hydrogen-bond donors (Lipinski definition) is 2. The SMILES string of the molecule is N#Cc1ccc(C(=N)OCN)cc1. The lowest BCUT2D eigenvalue weighted by Gasteiger charge is -2.03. The van der Waals surface area contributed by atoms with Crippen molar-refractivity contribution in [3.05, 3.63) is 35.4 Å². The highest BCUT2D eigenvalue weighted by Gasteiger charge is 2.00. The fraction of sp³-hybridized carbons (Fsp3) is 0.111. The summed E-state index contributed by atoms with van der Waals surface area (Å²) >= 11 is 0. The van der Waals surface area contributed by atoms with Crippen molar-refractivity contribution < 1.29 is 4.74 Å². The lowest BCUT2D eigenvalue weighted by molar-refractivity contribution is 0.315. The van der Waals surface area contributed by atoms with Crippen molar-refractivity contribution in [1.29, 1.82) is 10.7 Å². The number of hydrogen-bond acceptors (Lipinski definition) is 4. The van der Waals surface area contributed by atoms with E-state index in [1.54, 1.807) is 24.3 Å². The van der Waals surface area contributed by atoms with Crippen LogP contribution in [0.3, 0.4) is 0 Å². The van der Waals surface area contributed by atoms with Crippen LogP contribution in [0.15, 0.2) is 24.3 Å². The van der Waals surface area contributed by atoms with Gasteiger partial charge in [-0.2, -0.15) is 5.26 Å². The molecule has 1 aromatic carbocycles. The van der Waals surface area contributed by atoms with E-state index in [9.17, 15) is 0 Å². The van der Waals surface area contributed by atoms with Gasteiger partial charge in [-0.1, -0.05) is 0 Å². The Morgan fingerprint density at radius 3 is 2.54 bits per heavy atom. The zero-order valence-corrected chi connectivity index (χ0v) is 6.95. The maximum Gasteiger partial charge on any atom is 0.214 e. The molecule has 0 radical (unpaired) electrons. The lowest BCUT2D eigenvalue weighted by Crippen LogP contribution is -2.11. The van der Waals surface area contributed by atoms with Crippen LogP contribution in [-0.4, -0.2) is 12.6 Å². The normalized spacial score (nSPS) is 8.92. The summed E-state index contributed by atoms with van der Waals surface area (Å²) in [5.41, 5.74) is 6.28. The molecule has 0 unspecified atom stereocenters. The number of rotatable bonds is 2. The van der Waals surface area contributed by atoms with E-state index in [1.807, 2.05) is 6.07 Å². The van der Waals surface area contributed by atoms with Gasteiger partial charge in [-0.25, -0.2) is 0 Å². The van der Waals surface area contributed by atoms with Gasteiger partial charge in [0.1, 0.15) is 6.73 Å². The van der Waals surface area contributed by atoms with Crippen molar-refractivity contribution >= 4 is 5.90 Å². The summed E-state index contributed by atoms with van der Waals surface area (Å²) in [5, 5.41) is 15.9. The molecule has 0 atom stereocenters. The molecule has 1 aromatic rings. The number of nitrogens with one attached hydrogen (secondary N) is 1. The van der Waals surface area contributed by atoms with Gasteiger partial charge in [0.2, 0.25) is 5.90 Å². The van der Waals surface area contributed by atoms with E-state index in [2.05, 4.69) is 0 Å². The molecule has 0 saturated heterocycles. The van der Waals surface area contributed by atoms with Gasteiger partial charge in [0.15, 0.2) is 0 Å². The van der Waals surface area contributed by atoms with E-state index in [0.717, 1.165) is 0 Å². The number of benzene rings is 1. The quantitative estimate of drug-likeness (QED) is 0.396. The molecule has 0 aliphatic heterocycles. The third-order valence-electron chi connectivity index (χ3n) is 1.50. The minimum Gasteiger partial charge on any atom is -0.462 e. The fourth-order valence-electron chi connectivity index (χ4n) is 0.863.